The predicted octanol–water partition coefficient (Wildman–Crippen LogP) is 3.91. The maximum Gasteiger partial charge on any atom is 0.215 e. The average molecular weight is 314 g/mol. The van der Waals surface area contributed by atoms with Gasteiger partial charge in [0.1, 0.15) is 12.4 Å². The van der Waals surface area contributed by atoms with Gasteiger partial charge in [0, 0.05) is 26.3 Å². The van der Waals surface area contributed by atoms with Gasteiger partial charge in [0.2, 0.25) is 5.88 Å². The third-order valence-corrected chi connectivity index (χ3v) is 3.74. The van der Waals surface area contributed by atoms with Crippen LogP contribution in [0.4, 0.5) is 5.82 Å². The van der Waals surface area contributed by atoms with E-state index in [0.717, 1.165) is 30.9 Å². The van der Waals surface area contributed by atoms with Crippen molar-refractivity contribution in [2.75, 3.05) is 25.1 Å². The van der Waals surface area contributed by atoms with E-state index in [0.29, 0.717) is 18.6 Å². The monoisotopic (exact) mass is 314 g/mol. The minimum atomic E-state index is 0.306. The van der Waals surface area contributed by atoms with E-state index < -0.39 is 0 Å². The van der Waals surface area contributed by atoms with Gasteiger partial charge in [0.05, 0.1) is 6.10 Å². The first kappa shape index (κ1) is 17.3. The molecule has 0 amide bonds. The fraction of sp³-hybridized carbons (Fsp3) is 0.421. The van der Waals surface area contributed by atoms with Gasteiger partial charge in [-0.15, -0.1) is 0 Å². The van der Waals surface area contributed by atoms with Gasteiger partial charge in [0.25, 0.3) is 0 Å². The topological polar surface area (TPSA) is 34.6 Å². The van der Waals surface area contributed by atoms with Crippen LogP contribution in [0.25, 0.3) is 0 Å². The van der Waals surface area contributed by atoms with Crippen molar-refractivity contribution in [2.45, 2.75) is 33.0 Å². The fourth-order valence-corrected chi connectivity index (χ4v) is 2.52. The molecule has 4 nitrogen and oxygen atoms in total. The number of pyridine rings is 1. The molecule has 124 valence electrons. The number of benzene rings is 1. The minimum Gasteiger partial charge on any atom is -0.473 e. The summed E-state index contributed by atoms with van der Waals surface area (Å²) < 4.78 is 11.2. The van der Waals surface area contributed by atoms with Crippen molar-refractivity contribution >= 4 is 5.82 Å². The van der Waals surface area contributed by atoms with E-state index in [-0.39, 0.29) is 0 Å². The second-order valence-corrected chi connectivity index (χ2v) is 5.20. The maximum atomic E-state index is 5.78. The Morgan fingerprint density at radius 2 is 1.87 bits per heavy atom. The first-order valence-corrected chi connectivity index (χ1v) is 8.26. The molecule has 1 fully saturated rings. The molecular weight excluding hydrogens is 288 g/mol. The van der Waals surface area contributed by atoms with Gasteiger partial charge in [-0.2, -0.15) is 4.98 Å². The molecule has 23 heavy (non-hydrogen) atoms. The Balaban J connectivity index is 0.000000924. The summed E-state index contributed by atoms with van der Waals surface area (Å²) in [6.45, 7) is 6.41. The Bertz CT molecular complexity index is 575. The van der Waals surface area contributed by atoms with Crippen LogP contribution in [-0.2, 0) is 11.3 Å². The van der Waals surface area contributed by atoms with Gasteiger partial charge in [-0.1, -0.05) is 50.2 Å². The van der Waals surface area contributed by atoms with Crippen molar-refractivity contribution in [3.05, 3.63) is 54.1 Å². The summed E-state index contributed by atoms with van der Waals surface area (Å²) in [5.74, 6) is 1.62. The van der Waals surface area contributed by atoms with Crippen molar-refractivity contribution in [3.8, 4) is 5.88 Å². The molecule has 1 aliphatic rings. The standard InChI is InChI=1S/C17H20N2O2.C2H6/c1-20-15-10-11-19(12-15)16-8-5-9-17(18-16)21-13-14-6-3-2-4-7-14;1-2/h2-9,15H,10-13H2,1H3;1-2H3. The number of nitrogens with zero attached hydrogens (tertiary/aromatic N) is 2. The lowest BCUT2D eigenvalue weighted by Crippen LogP contribution is -2.23. The highest BCUT2D eigenvalue weighted by atomic mass is 16.5. The first-order chi connectivity index (χ1) is 11.3. The molecule has 1 unspecified atom stereocenters. The Morgan fingerprint density at radius 3 is 2.57 bits per heavy atom. The van der Waals surface area contributed by atoms with Gasteiger partial charge < -0.3 is 14.4 Å². The third kappa shape index (κ3) is 4.96. The minimum absolute atomic E-state index is 0.306. The summed E-state index contributed by atoms with van der Waals surface area (Å²) in [5.41, 5.74) is 1.14. The number of anilines is 1. The van der Waals surface area contributed by atoms with E-state index in [4.69, 9.17) is 9.47 Å². The van der Waals surface area contributed by atoms with E-state index in [1.165, 1.54) is 0 Å². The van der Waals surface area contributed by atoms with E-state index in [1.54, 1.807) is 7.11 Å². The summed E-state index contributed by atoms with van der Waals surface area (Å²) in [7, 11) is 1.76. The quantitative estimate of drug-likeness (QED) is 0.838. The van der Waals surface area contributed by atoms with Crippen molar-refractivity contribution in [1.29, 1.82) is 0 Å². The lowest BCUT2D eigenvalue weighted by atomic mass is 10.2. The highest BCUT2D eigenvalue weighted by molar-refractivity contribution is 5.42. The van der Waals surface area contributed by atoms with Gasteiger partial charge in [0.15, 0.2) is 0 Å². The van der Waals surface area contributed by atoms with Crippen LogP contribution in [0.3, 0.4) is 0 Å². The van der Waals surface area contributed by atoms with Gasteiger partial charge in [-0.25, -0.2) is 0 Å². The SMILES string of the molecule is CC.COC1CCN(c2cccc(OCc3ccccc3)n2)C1. The van der Waals surface area contributed by atoms with E-state index in [9.17, 15) is 0 Å². The molecule has 1 aliphatic heterocycles. The molecule has 0 N–H and O–H groups in total. The molecule has 2 heterocycles. The Kier molecular flexibility index (Phi) is 6.88. The van der Waals surface area contributed by atoms with Gasteiger partial charge >= 0.3 is 0 Å². The number of aromatic nitrogens is 1. The molecule has 0 saturated carbocycles. The molecule has 0 radical (unpaired) electrons. The zero-order valence-electron chi connectivity index (χ0n) is 14.2. The van der Waals surface area contributed by atoms with E-state index >= 15 is 0 Å². The van der Waals surface area contributed by atoms with Crippen LogP contribution in [-0.4, -0.2) is 31.3 Å². The first-order valence-electron chi connectivity index (χ1n) is 8.26. The Labute approximate surface area is 139 Å². The third-order valence-electron chi connectivity index (χ3n) is 3.74. The van der Waals surface area contributed by atoms with Crippen LogP contribution >= 0.6 is 0 Å². The smallest absolute Gasteiger partial charge is 0.215 e. The molecule has 1 atom stereocenters. The summed E-state index contributed by atoms with van der Waals surface area (Å²) >= 11 is 0. The zero-order valence-corrected chi connectivity index (χ0v) is 14.2. The normalized spacial score (nSPS) is 16.7. The van der Waals surface area contributed by atoms with Crippen molar-refractivity contribution in [2.24, 2.45) is 0 Å². The van der Waals surface area contributed by atoms with Crippen LogP contribution in [0.1, 0.15) is 25.8 Å². The lowest BCUT2D eigenvalue weighted by molar-refractivity contribution is 0.121. The number of hydrogen-bond donors (Lipinski definition) is 0. The summed E-state index contributed by atoms with van der Waals surface area (Å²) in [6, 6.07) is 16.0. The predicted molar refractivity (Wildman–Crippen MR) is 94.0 cm³/mol. The number of ether oxygens (including phenoxy) is 2. The van der Waals surface area contributed by atoms with Crippen molar-refractivity contribution in [1.82, 2.24) is 4.98 Å². The van der Waals surface area contributed by atoms with Crippen LogP contribution < -0.4 is 9.64 Å². The van der Waals surface area contributed by atoms with Crippen LogP contribution in [0.15, 0.2) is 48.5 Å². The molecule has 3 rings (SSSR count). The number of rotatable bonds is 5. The van der Waals surface area contributed by atoms with Crippen LogP contribution in [0, 0.1) is 0 Å². The molecule has 1 aromatic heterocycles. The van der Waals surface area contributed by atoms with Gasteiger partial charge in [-0.3, -0.25) is 0 Å². The molecule has 0 aliphatic carbocycles. The molecule has 1 aromatic carbocycles. The summed E-state index contributed by atoms with van der Waals surface area (Å²) in [6.07, 6.45) is 1.36. The molecule has 2 aromatic rings. The second-order valence-electron chi connectivity index (χ2n) is 5.20. The molecular formula is C19H26N2O2. The van der Waals surface area contributed by atoms with Crippen LogP contribution in [0.5, 0.6) is 5.88 Å². The van der Waals surface area contributed by atoms with Crippen LogP contribution in [0.2, 0.25) is 0 Å². The largest absolute Gasteiger partial charge is 0.473 e. The van der Waals surface area contributed by atoms with E-state index in [1.807, 2.05) is 62.4 Å². The van der Waals surface area contributed by atoms with Crippen molar-refractivity contribution < 1.29 is 9.47 Å². The molecule has 0 bridgehead atoms. The highest BCUT2D eigenvalue weighted by Gasteiger charge is 2.23. The number of hydrogen-bond acceptors (Lipinski definition) is 4. The summed E-state index contributed by atoms with van der Waals surface area (Å²) in [4.78, 5) is 6.83. The van der Waals surface area contributed by atoms with E-state index in [2.05, 4.69) is 9.88 Å². The fourth-order valence-electron chi connectivity index (χ4n) is 2.52. The average Bonchev–Trinajstić information content (AvgIpc) is 3.12. The summed E-state index contributed by atoms with van der Waals surface area (Å²) in [5, 5.41) is 0. The Hall–Kier alpha value is -2.07. The molecule has 1 saturated heterocycles. The molecule has 4 heteroatoms. The van der Waals surface area contributed by atoms with Gasteiger partial charge in [-0.05, 0) is 18.1 Å². The Morgan fingerprint density at radius 1 is 1.09 bits per heavy atom. The highest BCUT2D eigenvalue weighted by Crippen LogP contribution is 2.22. The molecule has 0 spiro atoms. The number of methoxy groups -OCH3 is 1. The maximum absolute atomic E-state index is 5.78. The lowest BCUT2D eigenvalue weighted by Gasteiger charge is -2.17. The zero-order chi connectivity index (χ0) is 16.5. The second kappa shape index (κ2) is 9.16. The van der Waals surface area contributed by atoms with Crippen molar-refractivity contribution in [3.63, 3.8) is 0 Å².